The predicted molar refractivity (Wildman–Crippen MR) is 134 cm³/mol. The fourth-order valence-corrected chi connectivity index (χ4v) is 4.31. The summed E-state index contributed by atoms with van der Waals surface area (Å²) in [5.74, 6) is 0.304. The van der Waals surface area contributed by atoms with Crippen LogP contribution in [0.3, 0.4) is 0 Å². The highest BCUT2D eigenvalue weighted by Gasteiger charge is 2.26. The summed E-state index contributed by atoms with van der Waals surface area (Å²) in [7, 11) is 4.94. The monoisotopic (exact) mass is 495 g/mol. The zero-order valence-electron chi connectivity index (χ0n) is 19.9. The molecule has 8 heteroatoms. The summed E-state index contributed by atoms with van der Waals surface area (Å²) in [6.45, 7) is 0.497. The van der Waals surface area contributed by atoms with Crippen LogP contribution in [0.5, 0.6) is 11.5 Å². The number of benzene rings is 2. The summed E-state index contributed by atoms with van der Waals surface area (Å²) in [4.78, 5) is 19.4. The molecule has 4 aromatic rings. The Morgan fingerprint density at radius 3 is 2.63 bits per heavy atom. The van der Waals surface area contributed by atoms with Crippen LogP contribution in [0.15, 0.2) is 67.0 Å². The lowest BCUT2D eigenvalue weighted by Gasteiger charge is -2.23. The number of nitrogens with zero attached hydrogens (tertiary/aromatic N) is 3. The second-order valence-corrected chi connectivity index (χ2v) is 8.73. The van der Waals surface area contributed by atoms with E-state index in [0.29, 0.717) is 46.4 Å². The lowest BCUT2D eigenvalue weighted by atomic mass is 9.91. The minimum absolute atomic E-state index is 0.0870. The van der Waals surface area contributed by atoms with Gasteiger partial charge in [0.1, 0.15) is 11.5 Å². The van der Waals surface area contributed by atoms with E-state index < -0.39 is 5.92 Å². The number of ether oxygens (including phenoxy) is 2. The number of halogens is 2. The van der Waals surface area contributed by atoms with Crippen molar-refractivity contribution in [2.45, 2.75) is 18.8 Å². The van der Waals surface area contributed by atoms with Crippen LogP contribution in [0.1, 0.15) is 29.2 Å². The number of aromatic nitrogens is 2. The third-order valence-electron chi connectivity index (χ3n) is 6.12. The third-order valence-corrected chi connectivity index (χ3v) is 6.35. The molecule has 35 heavy (non-hydrogen) atoms. The smallest absolute Gasteiger partial charge is 0.223 e. The molecule has 0 aliphatic carbocycles. The average Bonchev–Trinajstić information content (AvgIpc) is 3.28. The van der Waals surface area contributed by atoms with Gasteiger partial charge in [0.25, 0.3) is 0 Å². The molecular formula is C27H27ClFN3O3. The number of likely N-dealkylation sites (N-methyl/N-ethyl adjacent to an activating group) is 1. The Kier molecular flexibility index (Phi) is 7.56. The highest BCUT2D eigenvalue weighted by molar-refractivity contribution is 6.30. The van der Waals surface area contributed by atoms with E-state index >= 15 is 0 Å². The minimum Gasteiger partial charge on any atom is -0.493 e. The highest BCUT2D eigenvalue weighted by atomic mass is 35.5. The number of imidazole rings is 1. The molecule has 0 N–H and O–H groups in total. The molecule has 0 fully saturated rings. The third kappa shape index (κ3) is 5.41. The maximum Gasteiger partial charge on any atom is 0.223 e. The molecule has 4 rings (SSSR count). The van der Waals surface area contributed by atoms with Crippen molar-refractivity contribution >= 4 is 23.2 Å². The number of carbonyl (C=O) groups excluding carboxylic acids is 1. The fraction of sp³-hybridized carbons (Fsp3) is 0.259. The molecule has 0 bridgehead atoms. The summed E-state index contributed by atoms with van der Waals surface area (Å²) in [6, 6.07) is 15.8. The number of methoxy groups -OCH3 is 2. The lowest BCUT2D eigenvalue weighted by Crippen LogP contribution is -2.30. The van der Waals surface area contributed by atoms with E-state index in [1.807, 2.05) is 22.6 Å². The van der Waals surface area contributed by atoms with E-state index in [2.05, 4.69) is 4.98 Å². The summed E-state index contributed by atoms with van der Waals surface area (Å²) in [5.41, 5.74) is 2.84. The van der Waals surface area contributed by atoms with Crippen LogP contribution in [0.2, 0.25) is 5.02 Å². The molecule has 0 saturated heterocycles. The zero-order chi connectivity index (χ0) is 24.9. The van der Waals surface area contributed by atoms with Gasteiger partial charge < -0.3 is 18.8 Å². The molecule has 2 aromatic carbocycles. The molecule has 1 unspecified atom stereocenters. The quantitative estimate of drug-likeness (QED) is 0.313. The molecule has 1 amide bonds. The van der Waals surface area contributed by atoms with Gasteiger partial charge in [-0.15, -0.1) is 0 Å². The first-order valence-electron chi connectivity index (χ1n) is 11.2. The van der Waals surface area contributed by atoms with Crippen LogP contribution in [-0.2, 0) is 11.2 Å². The Labute approximate surface area is 208 Å². The van der Waals surface area contributed by atoms with Gasteiger partial charge in [0, 0.05) is 38.3 Å². The van der Waals surface area contributed by atoms with Crippen LogP contribution in [0, 0.1) is 5.82 Å². The molecule has 1 atom stereocenters. The van der Waals surface area contributed by atoms with Crippen molar-refractivity contribution in [1.29, 1.82) is 0 Å². The number of carbonyl (C=O) groups is 1. The normalized spacial score (nSPS) is 11.9. The second-order valence-electron chi connectivity index (χ2n) is 8.29. The van der Waals surface area contributed by atoms with E-state index in [1.54, 1.807) is 68.9 Å². The molecule has 0 radical (unpaired) electrons. The fourth-order valence-electron chi connectivity index (χ4n) is 4.15. The molecular weight excluding hydrogens is 469 g/mol. The van der Waals surface area contributed by atoms with Crippen molar-refractivity contribution in [1.82, 2.24) is 14.3 Å². The van der Waals surface area contributed by atoms with Crippen molar-refractivity contribution in [2.75, 3.05) is 27.8 Å². The van der Waals surface area contributed by atoms with Crippen molar-refractivity contribution in [3.8, 4) is 11.5 Å². The Morgan fingerprint density at radius 1 is 1.11 bits per heavy atom. The highest BCUT2D eigenvalue weighted by Crippen LogP contribution is 2.32. The van der Waals surface area contributed by atoms with Crippen molar-refractivity contribution in [3.63, 3.8) is 0 Å². The van der Waals surface area contributed by atoms with Crippen molar-refractivity contribution in [3.05, 3.63) is 94.7 Å². The zero-order valence-corrected chi connectivity index (χ0v) is 20.6. The largest absolute Gasteiger partial charge is 0.493 e. The molecule has 2 heterocycles. The summed E-state index contributed by atoms with van der Waals surface area (Å²) in [6.07, 6.45) is 4.14. The van der Waals surface area contributed by atoms with Gasteiger partial charge in [0.2, 0.25) is 5.91 Å². The van der Waals surface area contributed by atoms with Crippen LogP contribution in [0.4, 0.5) is 4.39 Å². The maximum atomic E-state index is 14.9. The van der Waals surface area contributed by atoms with Crippen LogP contribution in [0.25, 0.3) is 5.65 Å². The molecule has 0 aliphatic heterocycles. The Hall–Kier alpha value is -3.58. The van der Waals surface area contributed by atoms with E-state index in [0.717, 1.165) is 5.56 Å². The summed E-state index contributed by atoms with van der Waals surface area (Å²) < 4.78 is 27.3. The topological polar surface area (TPSA) is 56.1 Å². The molecule has 182 valence electrons. The van der Waals surface area contributed by atoms with Crippen molar-refractivity contribution in [2.24, 2.45) is 0 Å². The van der Waals surface area contributed by atoms with E-state index in [-0.39, 0.29) is 18.1 Å². The standard InChI is InChI=1S/C27H27ClFN3O3/c1-31(13-12-18-8-10-24(34-2)25(14-18)35-3)27(33)15-21(20-6-4-5-7-22(20)29)23-16-30-26-11-9-19(28)17-32(23)26/h4-11,14,16-17,21H,12-13,15H2,1-3H3. The first-order valence-corrected chi connectivity index (χ1v) is 11.6. The number of fused-ring (bicyclic) bond motifs is 1. The first-order chi connectivity index (χ1) is 16.9. The Bertz CT molecular complexity index is 1340. The van der Waals surface area contributed by atoms with Gasteiger partial charge in [-0.25, -0.2) is 9.37 Å². The summed E-state index contributed by atoms with van der Waals surface area (Å²) in [5, 5.41) is 0.530. The van der Waals surface area contributed by atoms with Gasteiger partial charge in [-0.2, -0.15) is 0 Å². The Balaban J connectivity index is 1.56. The van der Waals surface area contributed by atoms with Gasteiger partial charge in [0.15, 0.2) is 11.5 Å². The van der Waals surface area contributed by atoms with Crippen LogP contribution in [-0.4, -0.2) is 48.0 Å². The number of amides is 1. The SMILES string of the molecule is COc1ccc(CCN(C)C(=O)CC(c2ccccc2F)c2cnc3ccc(Cl)cn23)cc1OC. The van der Waals surface area contributed by atoms with Crippen molar-refractivity contribution < 1.29 is 18.7 Å². The second kappa shape index (κ2) is 10.8. The molecule has 2 aromatic heterocycles. The van der Waals surface area contributed by atoms with Gasteiger partial charge in [0.05, 0.1) is 24.9 Å². The maximum absolute atomic E-state index is 14.9. The average molecular weight is 496 g/mol. The van der Waals surface area contributed by atoms with Gasteiger partial charge >= 0.3 is 0 Å². The van der Waals surface area contributed by atoms with Gasteiger partial charge in [-0.1, -0.05) is 35.9 Å². The van der Waals surface area contributed by atoms with E-state index in [9.17, 15) is 9.18 Å². The minimum atomic E-state index is -0.527. The number of pyridine rings is 1. The molecule has 0 aliphatic rings. The number of hydrogen-bond donors (Lipinski definition) is 0. The number of rotatable bonds is 9. The van der Waals surface area contributed by atoms with E-state index in [4.69, 9.17) is 21.1 Å². The number of hydrogen-bond acceptors (Lipinski definition) is 4. The molecule has 6 nitrogen and oxygen atoms in total. The summed E-state index contributed by atoms with van der Waals surface area (Å²) >= 11 is 6.21. The first kappa shape index (κ1) is 24.5. The molecule has 0 saturated carbocycles. The van der Waals surface area contributed by atoms with Gasteiger partial charge in [-0.05, 0) is 47.9 Å². The van der Waals surface area contributed by atoms with Crippen LogP contribution >= 0.6 is 11.6 Å². The lowest BCUT2D eigenvalue weighted by molar-refractivity contribution is -0.130. The Morgan fingerprint density at radius 2 is 1.89 bits per heavy atom. The van der Waals surface area contributed by atoms with Gasteiger partial charge in [-0.3, -0.25) is 4.79 Å². The molecule has 0 spiro atoms. The predicted octanol–water partition coefficient (Wildman–Crippen LogP) is 5.37. The van der Waals surface area contributed by atoms with Crippen LogP contribution < -0.4 is 9.47 Å². The van der Waals surface area contributed by atoms with E-state index in [1.165, 1.54) is 6.07 Å².